The molecule has 0 atom stereocenters. The van der Waals surface area contributed by atoms with Gasteiger partial charge in [0.1, 0.15) is 11.6 Å². The zero-order chi connectivity index (χ0) is 18.1. The van der Waals surface area contributed by atoms with Crippen molar-refractivity contribution in [2.45, 2.75) is 6.92 Å². The molecule has 0 aliphatic rings. The molecular formula is C19H16F2N2O2. The van der Waals surface area contributed by atoms with Crippen LogP contribution in [0.15, 0.2) is 53.5 Å². The summed E-state index contributed by atoms with van der Waals surface area (Å²) >= 11 is 0. The van der Waals surface area contributed by atoms with Crippen LogP contribution in [0.1, 0.15) is 5.56 Å². The van der Waals surface area contributed by atoms with E-state index in [0.717, 1.165) is 12.1 Å². The molecule has 4 nitrogen and oxygen atoms in total. The number of hydrogen-bond acceptors (Lipinski definition) is 3. The highest BCUT2D eigenvalue weighted by Crippen LogP contribution is 2.35. The molecule has 0 spiro atoms. The number of halogens is 2. The predicted octanol–water partition coefficient (Wildman–Crippen LogP) is 4.01. The summed E-state index contributed by atoms with van der Waals surface area (Å²) in [5.74, 6) is -1.25. The average molecular weight is 342 g/mol. The van der Waals surface area contributed by atoms with Crippen LogP contribution in [0, 0.1) is 18.6 Å². The van der Waals surface area contributed by atoms with E-state index in [4.69, 9.17) is 10.5 Å². The maximum atomic E-state index is 13.9. The van der Waals surface area contributed by atoms with Crippen molar-refractivity contribution >= 4 is 5.69 Å². The number of rotatable bonds is 3. The van der Waals surface area contributed by atoms with E-state index in [-0.39, 0.29) is 11.3 Å². The van der Waals surface area contributed by atoms with Crippen molar-refractivity contribution in [3.8, 4) is 22.6 Å². The first-order valence-corrected chi connectivity index (χ1v) is 7.55. The molecule has 0 aliphatic carbocycles. The lowest BCUT2D eigenvalue weighted by molar-refractivity contribution is 0.439. The first kappa shape index (κ1) is 16.7. The molecule has 0 amide bonds. The summed E-state index contributed by atoms with van der Waals surface area (Å²) in [4.78, 5) is 11.9. The summed E-state index contributed by atoms with van der Waals surface area (Å²) in [6.07, 6.45) is 1.65. The van der Waals surface area contributed by atoms with Crippen molar-refractivity contribution in [1.82, 2.24) is 4.57 Å². The molecule has 0 unspecified atom stereocenters. The zero-order valence-corrected chi connectivity index (χ0v) is 13.7. The van der Waals surface area contributed by atoms with Crippen LogP contribution in [0.25, 0.3) is 11.1 Å². The molecule has 0 aliphatic heterocycles. The molecule has 1 aromatic heterocycles. The quantitative estimate of drug-likeness (QED) is 0.732. The summed E-state index contributed by atoms with van der Waals surface area (Å²) in [6, 6.07) is 9.70. The smallest absolute Gasteiger partial charge is 0.253 e. The van der Waals surface area contributed by atoms with Crippen LogP contribution in [0.2, 0.25) is 0 Å². The Morgan fingerprint density at radius 3 is 2.44 bits per heavy atom. The van der Waals surface area contributed by atoms with Crippen LogP contribution in [0.3, 0.4) is 0 Å². The summed E-state index contributed by atoms with van der Waals surface area (Å²) in [5.41, 5.74) is 8.10. The van der Waals surface area contributed by atoms with E-state index in [1.54, 1.807) is 44.4 Å². The molecule has 3 rings (SSSR count). The fraction of sp³-hybridized carbons (Fsp3) is 0.105. The lowest BCUT2D eigenvalue weighted by Gasteiger charge is -2.14. The van der Waals surface area contributed by atoms with Gasteiger partial charge in [0.15, 0.2) is 11.6 Å². The Balaban J connectivity index is 2.12. The number of aromatic nitrogens is 1. The molecule has 0 bridgehead atoms. The number of ether oxygens (including phenoxy) is 1. The molecular weight excluding hydrogens is 326 g/mol. The van der Waals surface area contributed by atoms with Gasteiger partial charge in [0.2, 0.25) is 0 Å². The fourth-order valence-electron chi connectivity index (χ4n) is 2.56. The third-order valence-electron chi connectivity index (χ3n) is 3.79. The zero-order valence-electron chi connectivity index (χ0n) is 13.7. The Kier molecular flexibility index (Phi) is 4.27. The summed E-state index contributed by atoms with van der Waals surface area (Å²) in [7, 11) is 1.64. The molecule has 0 fully saturated rings. The Labute approximate surface area is 143 Å². The van der Waals surface area contributed by atoms with Gasteiger partial charge in [-0.3, -0.25) is 4.79 Å². The van der Waals surface area contributed by atoms with Gasteiger partial charge in [0.25, 0.3) is 5.56 Å². The molecule has 0 saturated carbocycles. The largest absolute Gasteiger partial charge is 0.454 e. The molecule has 2 aromatic carbocycles. The normalized spacial score (nSPS) is 10.7. The maximum Gasteiger partial charge on any atom is 0.253 e. The van der Waals surface area contributed by atoms with Gasteiger partial charge in [-0.1, -0.05) is 0 Å². The SMILES string of the molecule is Cc1cc(-c2cc(N)ccc2Oc2ccc(F)cc2F)cn(C)c1=O. The highest BCUT2D eigenvalue weighted by atomic mass is 19.1. The molecule has 6 heteroatoms. The van der Waals surface area contributed by atoms with Gasteiger partial charge in [0.05, 0.1) is 0 Å². The summed E-state index contributed by atoms with van der Waals surface area (Å²) in [6.45, 7) is 1.71. The molecule has 25 heavy (non-hydrogen) atoms. The van der Waals surface area contributed by atoms with Crippen molar-refractivity contribution in [3.05, 3.63) is 76.2 Å². The van der Waals surface area contributed by atoms with Gasteiger partial charge in [-0.2, -0.15) is 0 Å². The van der Waals surface area contributed by atoms with Crippen molar-refractivity contribution in [2.24, 2.45) is 7.05 Å². The standard InChI is InChI=1S/C19H16F2N2O2/c1-11-7-12(10-23(2)19(11)24)15-9-14(22)4-6-17(15)25-18-5-3-13(20)8-16(18)21/h3-10H,22H2,1-2H3. The topological polar surface area (TPSA) is 57.2 Å². The number of benzene rings is 2. The minimum absolute atomic E-state index is 0.103. The monoisotopic (exact) mass is 342 g/mol. The lowest BCUT2D eigenvalue weighted by Crippen LogP contribution is -2.18. The van der Waals surface area contributed by atoms with Gasteiger partial charge < -0.3 is 15.0 Å². The molecule has 0 radical (unpaired) electrons. The molecule has 1 heterocycles. The van der Waals surface area contributed by atoms with Crippen molar-refractivity contribution in [1.29, 1.82) is 0 Å². The van der Waals surface area contributed by atoms with E-state index in [9.17, 15) is 13.6 Å². The first-order chi connectivity index (χ1) is 11.8. The second-order valence-corrected chi connectivity index (χ2v) is 5.76. The number of nitrogens with two attached hydrogens (primary N) is 1. The Bertz CT molecular complexity index is 987. The van der Waals surface area contributed by atoms with Crippen LogP contribution in [0.4, 0.5) is 14.5 Å². The van der Waals surface area contributed by atoms with Gasteiger partial charge in [-0.15, -0.1) is 0 Å². The highest BCUT2D eigenvalue weighted by Gasteiger charge is 2.13. The number of nitrogens with zero attached hydrogens (tertiary/aromatic N) is 1. The minimum Gasteiger partial charge on any atom is -0.454 e. The fourth-order valence-corrected chi connectivity index (χ4v) is 2.56. The molecule has 2 N–H and O–H groups in total. The number of anilines is 1. The van der Waals surface area contributed by atoms with E-state index >= 15 is 0 Å². The van der Waals surface area contributed by atoms with E-state index in [1.807, 2.05) is 0 Å². The highest BCUT2D eigenvalue weighted by molar-refractivity contribution is 5.74. The van der Waals surface area contributed by atoms with E-state index in [2.05, 4.69) is 0 Å². The number of pyridine rings is 1. The van der Waals surface area contributed by atoms with Crippen molar-refractivity contribution < 1.29 is 13.5 Å². The van der Waals surface area contributed by atoms with Crippen LogP contribution < -0.4 is 16.0 Å². The average Bonchev–Trinajstić information content (AvgIpc) is 2.56. The van der Waals surface area contributed by atoms with Crippen molar-refractivity contribution in [3.63, 3.8) is 0 Å². The second kappa shape index (κ2) is 6.39. The minimum atomic E-state index is -0.806. The Hall–Kier alpha value is -3.15. The third-order valence-corrected chi connectivity index (χ3v) is 3.79. The predicted molar refractivity (Wildman–Crippen MR) is 92.7 cm³/mol. The van der Waals surface area contributed by atoms with Crippen LogP contribution >= 0.6 is 0 Å². The molecule has 3 aromatic rings. The van der Waals surface area contributed by atoms with Gasteiger partial charge in [0, 0.05) is 41.7 Å². The Morgan fingerprint density at radius 1 is 1.04 bits per heavy atom. The molecule has 128 valence electrons. The third kappa shape index (κ3) is 3.38. The second-order valence-electron chi connectivity index (χ2n) is 5.76. The van der Waals surface area contributed by atoms with Crippen molar-refractivity contribution in [2.75, 3.05) is 5.73 Å². The van der Waals surface area contributed by atoms with E-state index in [1.165, 1.54) is 10.6 Å². The van der Waals surface area contributed by atoms with Crippen LogP contribution in [0.5, 0.6) is 11.5 Å². The van der Waals surface area contributed by atoms with Crippen LogP contribution in [-0.4, -0.2) is 4.57 Å². The first-order valence-electron chi connectivity index (χ1n) is 7.55. The lowest BCUT2D eigenvalue weighted by atomic mass is 10.0. The van der Waals surface area contributed by atoms with Crippen LogP contribution in [-0.2, 0) is 7.05 Å². The van der Waals surface area contributed by atoms with Gasteiger partial charge in [-0.05, 0) is 43.3 Å². The number of nitrogen functional groups attached to an aromatic ring is 1. The Morgan fingerprint density at radius 2 is 1.76 bits per heavy atom. The molecule has 0 saturated heterocycles. The van der Waals surface area contributed by atoms with Gasteiger partial charge in [-0.25, -0.2) is 8.78 Å². The maximum absolute atomic E-state index is 13.9. The number of hydrogen-bond donors (Lipinski definition) is 1. The van der Waals surface area contributed by atoms with E-state index in [0.29, 0.717) is 28.1 Å². The number of aryl methyl sites for hydroxylation is 2. The van der Waals surface area contributed by atoms with Gasteiger partial charge >= 0.3 is 0 Å². The van der Waals surface area contributed by atoms with E-state index < -0.39 is 11.6 Å². The summed E-state index contributed by atoms with van der Waals surface area (Å²) < 4.78 is 34.0. The summed E-state index contributed by atoms with van der Waals surface area (Å²) in [5, 5.41) is 0.